The Kier molecular flexibility index (Phi) is 2.21. The first-order valence-electron chi connectivity index (χ1n) is 4.45. The predicted octanol–water partition coefficient (Wildman–Crippen LogP) is 0.518. The number of aryl methyl sites for hydroxylation is 1. The SMILES string of the molecule is Cc1ccnc(-n2cccc(N)c2=O)n1. The van der Waals surface area contributed by atoms with Crippen LogP contribution in [0.15, 0.2) is 35.4 Å². The largest absolute Gasteiger partial charge is 0.394 e. The zero-order valence-electron chi connectivity index (χ0n) is 8.21. The summed E-state index contributed by atoms with van der Waals surface area (Å²) in [6.45, 7) is 1.84. The molecule has 2 aromatic heterocycles. The Balaban J connectivity index is 2.65. The lowest BCUT2D eigenvalue weighted by Crippen LogP contribution is -2.22. The number of nitrogens with two attached hydrogens (primary N) is 1. The van der Waals surface area contributed by atoms with Gasteiger partial charge in [0.25, 0.3) is 5.56 Å². The molecule has 0 amide bonds. The monoisotopic (exact) mass is 202 g/mol. The quantitative estimate of drug-likeness (QED) is 0.731. The van der Waals surface area contributed by atoms with Gasteiger partial charge in [-0.15, -0.1) is 0 Å². The maximum Gasteiger partial charge on any atom is 0.280 e. The Hall–Kier alpha value is -2.17. The molecule has 0 aliphatic carbocycles. The molecule has 0 unspecified atom stereocenters. The van der Waals surface area contributed by atoms with Gasteiger partial charge in [0.1, 0.15) is 0 Å². The van der Waals surface area contributed by atoms with Crippen molar-refractivity contribution in [2.24, 2.45) is 0 Å². The molecule has 0 fully saturated rings. The van der Waals surface area contributed by atoms with Crippen LogP contribution in [0.25, 0.3) is 5.95 Å². The van der Waals surface area contributed by atoms with Crippen LogP contribution in [0.3, 0.4) is 0 Å². The summed E-state index contributed by atoms with van der Waals surface area (Å²) in [6.07, 6.45) is 3.20. The van der Waals surface area contributed by atoms with Gasteiger partial charge < -0.3 is 5.73 Å². The van der Waals surface area contributed by atoms with Gasteiger partial charge in [0.05, 0.1) is 5.69 Å². The number of aromatic nitrogens is 3. The highest BCUT2D eigenvalue weighted by molar-refractivity contribution is 5.36. The average Bonchev–Trinajstić information content (AvgIpc) is 2.22. The summed E-state index contributed by atoms with van der Waals surface area (Å²) >= 11 is 0. The molecule has 2 rings (SSSR count). The van der Waals surface area contributed by atoms with Crippen LogP contribution in [0, 0.1) is 6.92 Å². The molecule has 0 radical (unpaired) electrons. The first-order valence-corrected chi connectivity index (χ1v) is 4.45. The molecule has 0 aromatic carbocycles. The molecular formula is C10H10N4O. The molecule has 15 heavy (non-hydrogen) atoms. The zero-order chi connectivity index (χ0) is 10.8. The van der Waals surface area contributed by atoms with Crippen molar-refractivity contribution in [3.8, 4) is 5.95 Å². The van der Waals surface area contributed by atoms with Crippen LogP contribution >= 0.6 is 0 Å². The third kappa shape index (κ3) is 1.71. The standard InChI is InChI=1S/C10H10N4O/c1-7-4-5-12-10(13-7)14-6-2-3-8(11)9(14)15/h2-6H,11H2,1H3. The fourth-order valence-electron chi connectivity index (χ4n) is 1.22. The highest BCUT2D eigenvalue weighted by atomic mass is 16.1. The van der Waals surface area contributed by atoms with E-state index in [0.717, 1.165) is 5.69 Å². The smallest absolute Gasteiger partial charge is 0.280 e. The molecule has 0 saturated heterocycles. The van der Waals surface area contributed by atoms with E-state index in [1.165, 1.54) is 4.57 Å². The van der Waals surface area contributed by atoms with Gasteiger partial charge >= 0.3 is 0 Å². The first kappa shape index (κ1) is 9.39. The Morgan fingerprint density at radius 1 is 1.40 bits per heavy atom. The predicted molar refractivity (Wildman–Crippen MR) is 56.8 cm³/mol. The summed E-state index contributed by atoms with van der Waals surface area (Å²) in [5, 5.41) is 0. The van der Waals surface area contributed by atoms with Gasteiger partial charge in [-0.05, 0) is 25.1 Å². The van der Waals surface area contributed by atoms with E-state index in [4.69, 9.17) is 5.73 Å². The van der Waals surface area contributed by atoms with Crippen molar-refractivity contribution in [3.63, 3.8) is 0 Å². The third-order valence-corrected chi connectivity index (χ3v) is 1.97. The van der Waals surface area contributed by atoms with Crippen molar-refractivity contribution in [2.75, 3.05) is 5.73 Å². The van der Waals surface area contributed by atoms with E-state index in [-0.39, 0.29) is 11.2 Å². The molecule has 0 spiro atoms. The van der Waals surface area contributed by atoms with Gasteiger partial charge in [0.2, 0.25) is 5.95 Å². The minimum atomic E-state index is -0.303. The minimum Gasteiger partial charge on any atom is -0.394 e. The van der Waals surface area contributed by atoms with Crippen molar-refractivity contribution in [1.29, 1.82) is 0 Å². The van der Waals surface area contributed by atoms with Gasteiger partial charge in [0.15, 0.2) is 0 Å². The molecule has 0 aliphatic heterocycles. The third-order valence-electron chi connectivity index (χ3n) is 1.97. The van der Waals surface area contributed by atoms with E-state index in [0.29, 0.717) is 5.95 Å². The van der Waals surface area contributed by atoms with Crippen LogP contribution in [0.5, 0.6) is 0 Å². The highest BCUT2D eigenvalue weighted by Crippen LogP contribution is 2.00. The van der Waals surface area contributed by atoms with E-state index in [2.05, 4.69) is 9.97 Å². The maximum atomic E-state index is 11.6. The first-order chi connectivity index (χ1) is 7.18. The van der Waals surface area contributed by atoms with E-state index in [1.807, 2.05) is 6.92 Å². The zero-order valence-corrected chi connectivity index (χ0v) is 8.21. The summed E-state index contributed by atoms with van der Waals surface area (Å²) in [7, 11) is 0. The molecule has 0 aliphatic rings. The maximum absolute atomic E-state index is 11.6. The van der Waals surface area contributed by atoms with Gasteiger partial charge in [-0.1, -0.05) is 0 Å². The Morgan fingerprint density at radius 2 is 2.20 bits per heavy atom. The van der Waals surface area contributed by atoms with E-state index < -0.39 is 0 Å². The van der Waals surface area contributed by atoms with Crippen molar-refractivity contribution in [2.45, 2.75) is 6.92 Å². The van der Waals surface area contributed by atoms with Crippen molar-refractivity contribution < 1.29 is 0 Å². The van der Waals surface area contributed by atoms with Crippen LogP contribution < -0.4 is 11.3 Å². The molecule has 0 atom stereocenters. The summed E-state index contributed by atoms with van der Waals surface area (Å²) < 4.78 is 1.32. The normalized spacial score (nSPS) is 10.2. The molecule has 2 aromatic rings. The second-order valence-corrected chi connectivity index (χ2v) is 3.14. The fourth-order valence-corrected chi connectivity index (χ4v) is 1.22. The molecule has 0 bridgehead atoms. The fraction of sp³-hybridized carbons (Fsp3) is 0.100. The lowest BCUT2D eigenvalue weighted by Gasteiger charge is -2.04. The Bertz CT molecular complexity index is 547. The van der Waals surface area contributed by atoms with Crippen LogP contribution in [0.4, 0.5) is 5.69 Å². The summed E-state index contributed by atoms with van der Waals surface area (Å²) in [4.78, 5) is 19.8. The van der Waals surface area contributed by atoms with Crippen molar-refractivity contribution in [1.82, 2.24) is 14.5 Å². The highest BCUT2D eigenvalue weighted by Gasteiger charge is 2.03. The Labute approximate surface area is 86.2 Å². The summed E-state index contributed by atoms with van der Waals surface area (Å²) in [5.41, 5.74) is 6.19. The van der Waals surface area contributed by atoms with Gasteiger partial charge in [-0.2, -0.15) is 0 Å². The number of anilines is 1. The van der Waals surface area contributed by atoms with E-state index in [9.17, 15) is 4.79 Å². The van der Waals surface area contributed by atoms with Crippen LogP contribution in [0.1, 0.15) is 5.69 Å². The number of pyridine rings is 1. The minimum absolute atomic E-state index is 0.183. The molecule has 2 heterocycles. The van der Waals surface area contributed by atoms with Crippen LogP contribution in [-0.4, -0.2) is 14.5 Å². The van der Waals surface area contributed by atoms with Crippen molar-refractivity contribution >= 4 is 5.69 Å². The van der Waals surface area contributed by atoms with Gasteiger partial charge in [-0.25, -0.2) is 9.97 Å². The lowest BCUT2D eigenvalue weighted by atomic mass is 10.4. The molecule has 2 N–H and O–H groups in total. The number of hydrogen-bond donors (Lipinski definition) is 1. The second-order valence-electron chi connectivity index (χ2n) is 3.14. The van der Waals surface area contributed by atoms with Crippen LogP contribution in [-0.2, 0) is 0 Å². The van der Waals surface area contributed by atoms with Crippen LogP contribution in [0.2, 0.25) is 0 Å². The number of rotatable bonds is 1. The molecule has 0 saturated carbocycles. The van der Waals surface area contributed by atoms with E-state index in [1.54, 1.807) is 30.6 Å². The molecule has 5 nitrogen and oxygen atoms in total. The van der Waals surface area contributed by atoms with Gasteiger partial charge in [-0.3, -0.25) is 9.36 Å². The second kappa shape index (κ2) is 3.53. The lowest BCUT2D eigenvalue weighted by molar-refractivity contribution is 0.876. The number of nitrogen functional groups attached to an aromatic ring is 1. The topological polar surface area (TPSA) is 73.8 Å². The summed E-state index contributed by atoms with van der Waals surface area (Å²) in [5.74, 6) is 0.340. The average molecular weight is 202 g/mol. The number of hydrogen-bond acceptors (Lipinski definition) is 4. The van der Waals surface area contributed by atoms with Crippen molar-refractivity contribution in [3.05, 3.63) is 46.6 Å². The van der Waals surface area contributed by atoms with E-state index >= 15 is 0 Å². The van der Waals surface area contributed by atoms with Gasteiger partial charge in [0, 0.05) is 18.1 Å². The Morgan fingerprint density at radius 3 is 2.93 bits per heavy atom. The number of nitrogens with zero attached hydrogens (tertiary/aromatic N) is 3. The molecule has 5 heteroatoms. The molecular weight excluding hydrogens is 192 g/mol. The molecule has 76 valence electrons. The summed E-state index contributed by atoms with van der Waals surface area (Å²) in [6, 6.07) is 5.00.